The average molecular weight is 174 g/mol. The van der Waals surface area contributed by atoms with E-state index in [4.69, 9.17) is 12.2 Å². The fourth-order valence-corrected chi connectivity index (χ4v) is 1.21. The lowest BCUT2D eigenvalue weighted by atomic mass is 10.1. The summed E-state index contributed by atoms with van der Waals surface area (Å²) in [6.07, 6.45) is 11.0. The van der Waals surface area contributed by atoms with Crippen LogP contribution in [0.4, 0.5) is 5.82 Å². The summed E-state index contributed by atoms with van der Waals surface area (Å²) < 4.78 is 0. The van der Waals surface area contributed by atoms with Crippen molar-refractivity contribution in [3.8, 4) is 12.3 Å². The molecule has 0 fully saturated rings. The summed E-state index contributed by atoms with van der Waals surface area (Å²) in [5, 5.41) is 0. The van der Waals surface area contributed by atoms with Crippen LogP contribution in [0.25, 0.3) is 0 Å². The third kappa shape index (κ3) is 3.62. The van der Waals surface area contributed by atoms with Gasteiger partial charge in [0.2, 0.25) is 0 Å². The summed E-state index contributed by atoms with van der Waals surface area (Å²) in [6.45, 7) is 0. The third-order valence-corrected chi connectivity index (χ3v) is 1.88. The van der Waals surface area contributed by atoms with Gasteiger partial charge in [0.25, 0.3) is 0 Å². The van der Waals surface area contributed by atoms with Crippen LogP contribution in [0, 0.1) is 12.3 Å². The Balaban J connectivity index is 2.33. The highest BCUT2D eigenvalue weighted by molar-refractivity contribution is 5.31. The Morgan fingerprint density at radius 2 is 2.31 bits per heavy atom. The molecule has 1 aromatic heterocycles. The molecule has 1 rings (SSSR count). The van der Waals surface area contributed by atoms with Crippen LogP contribution < -0.4 is 5.73 Å². The molecule has 2 nitrogen and oxygen atoms in total. The summed E-state index contributed by atoms with van der Waals surface area (Å²) >= 11 is 0. The Morgan fingerprint density at radius 3 is 3.00 bits per heavy atom. The first kappa shape index (κ1) is 9.60. The smallest absolute Gasteiger partial charge is 0.123 e. The minimum atomic E-state index is 0.592. The molecule has 0 unspecified atom stereocenters. The van der Waals surface area contributed by atoms with Crippen LogP contribution >= 0.6 is 0 Å². The van der Waals surface area contributed by atoms with Gasteiger partial charge in [0.15, 0.2) is 0 Å². The van der Waals surface area contributed by atoms with E-state index in [0.717, 1.165) is 25.7 Å². The fraction of sp³-hybridized carbons (Fsp3) is 0.364. The number of terminal acetylenes is 1. The molecule has 0 aliphatic carbocycles. The summed E-state index contributed by atoms with van der Waals surface area (Å²) in [6, 6.07) is 3.90. The maximum atomic E-state index is 5.55. The molecule has 1 aromatic rings. The molecule has 0 spiro atoms. The molecule has 68 valence electrons. The average Bonchev–Trinajstić information content (AvgIpc) is 2.13. The Labute approximate surface area is 79.2 Å². The highest BCUT2D eigenvalue weighted by Crippen LogP contribution is 2.07. The first-order valence-corrected chi connectivity index (χ1v) is 4.47. The van der Waals surface area contributed by atoms with E-state index in [1.165, 1.54) is 5.56 Å². The molecule has 0 saturated heterocycles. The van der Waals surface area contributed by atoms with E-state index in [2.05, 4.69) is 10.9 Å². The van der Waals surface area contributed by atoms with Crippen molar-refractivity contribution in [1.82, 2.24) is 4.98 Å². The number of aryl methyl sites for hydroxylation is 1. The lowest BCUT2D eigenvalue weighted by Gasteiger charge is -2.00. The van der Waals surface area contributed by atoms with Crippen molar-refractivity contribution < 1.29 is 0 Å². The number of hydrogen-bond donors (Lipinski definition) is 1. The van der Waals surface area contributed by atoms with Gasteiger partial charge in [0.05, 0.1) is 0 Å². The second-order valence-electron chi connectivity index (χ2n) is 3.00. The van der Waals surface area contributed by atoms with Gasteiger partial charge in [-0.15, -0.1) is 12.3 Å². The number of nitrogens with zero attached hydrogens (tertiary/aromatic N) is 1. The monoisotopic (exact) mass is 174 g/mol. The van der Waals surface area contributed by atoms with Crippen LogP contribution in [0.2, 0.25) is 0 Å². The molecule has 0 bridgehead atoms. The van der Waals surface area contributed by atoms with Crippen molar-refractivity contribution in [3.63, 3.8) is 0 Å². The normalized spacial score (nSPS) is 9.46. The number of nitrogens with two attached hydrogens (primary N) is 1. The van der Waals surface area contributed by atoms with Crippen molar-refractivity contribution in [3.05, 3.63) is 23.9 Å². The van der Waals surface area contributed by atoms with Gasteiger partial charge in [-0.3, -0.25) is 0 Å². The fourth-order valence-electron chi connectivity index (χ4n) is 1.21. The highest BCUT2D eigenvalue weighted by Gasteiger charge is 1.93. The molecule has 0 amide bonds. The van der Waals surface area contributed by atoms with Gasteiger partial charge in [-0.25, -0.2) is 4.98 Å². The quantitative estimate of drug-likeness (QED) is 0.560. The summed E-state index contributed by atoms with van der Waals surface area (Å²) in [5.41, 5.74) is 6.79. The first-order chi connectivity index (χ1) is 6.33. The van der Waals surface area contributed by atoms with Crippen molar-refractivity contribution in [2.45, 2.75) is 25.7 Å². The molecule has 0 saturated carbocycles. The van der Waals surface area contributed by atoms with E-state index in [9.17, 15) is 0 Å². The van der Waals surface area contributed by atoms with Gasteiger partial charge in [0, 0.05) is 12.6 Å². The predicted octanol–water partition coefficient (Wildman–Crippen LogP) is 2.01. The van der Waals surface area contributed by atoms with Gasteiger partial charge in [-0.05, 0) is 37.0 Å². The van der Waals surface area contributed by atoms with Crippen LogP contribution in [0.5, 0.6) is 0 Å². The zero-order valence-electron chi connectivity index (χ0n) is 7.66. The second kappa shape index (κ2) is 5.21. The maximum Gasteiger partial charge on any atom is 0.123 e. The molecule has 2 N–H and O–H groups in total. The van der Waals surface area contributed by atoms with E-state index in [0.29, 0.717) is 5.82 Å². The van der Waals surface area contributed by atoms with Crippen molar-refractivity contribution in [2.75, 3.05) is 5.73 Å². The largest absolute Gasteiger partial charge is 0.384 e. The van der Waals surface area contributed by atoms with Gasteiger partial charge in [-0.2, -0.15) is 0 Å². The van der Waals surface area contributed by atoms with Crippen LogP contribution in [-0.4, -0.2) is 4.98 Å². The standard InChI is InChI=1S/C11H14N2/c1-2-3-4-5-6-10-7-8-13-11(12)9-10/h1,7-9H,3-6H2,(H2,12,13). The number of nitrogen functional groups attached to an aromatic ring is 1. The lowest BCUT2D eigenvalue weighted by Crippen LogP contribution is -1.92. The van der Waals surface area contributed by atoms with Crippen LogP contribution in [0.15, 0.2) is 18.3 Å². The van der Waals surface area contributed by atoms with Gasteiger partial charge in [0.1, 0.15) is 5.82 Å². The Kier molecular flexibility index (Phi) is 3.84. The molecule has 0 aliphatic rings. The van der Waals surface area contributed by atoms with Gasteiger partial charge < -0.3 is 5.73 Å². The van der Waals surface area contributed by atoms with Crippen LogP contribution in [0.1, 0.15) is 24.8 Å². The van der Waals surface area contributed by atoms with Crippen molar-refractivity contribution in [2.24, 2.45) is 0 Å². The summed E-state index contributed by atoms with van der Waals surface area (Å²) in [5.74, 6) is 3.22. The number of unbranched alkanes of at least 4 members (excludes halogenated alkanes) is 2. The molecule has 1 heterocycles. The van der Waals surface area contributed by atoms with E-state index in [1.807, 2.05) is 12.1 Å². The van der Waals surface area contributed by atoms with Gasteiger partial charge in [-0.1, -0.05) is 0 Å². The minimum absolute atomic E-state index is 0.592. The van der Waals surface area contributed by atoms with Crippen LogP contribution in [0.3, 0.4) is 0 Å². The SMILES string of the molecule is C#CCCCCc1ccnc(N)c1. The van der Waals surface area contributed by atoms with E-state index >= 15 is 0 Å². The van der Waals surface area contributed by atoms with E-state index in [1.54, 1.807) is 6.20 Å². The zero-order valence-corrected chi connectivity index (χ0v) is 7.66. The number of aromatic nitrogens is 1. The lowest BCUT2D eigenvalue weighted by molar-refractivity contribution is 0.756. The molecule has 0 aliphatic heterocycles. The molecule has 0 atom stereocenters. The molecular formula is C11H14N2. The minimum Gasteiger partial charge on any atom is -0.384 e. The highest BCUT2D eigenvalue weighted by atomic mass is 14.8. The first-order valence-electron chi connectivity index (χ1n) is 4.47. The Morgan fingerprint density at radius 1 is 1.46 bits per heavy atom. The van der Waals surface area contributed by atoms with Crippen LogP contribution in [-0.2, 0) is 6.42 Å². The number of anilines is 1. The van der Waals surface area contributed by atoms with Crippen molar-refractivity contribution in [1.29, 1.82) is 0 Å². The summed E-state index contributed by atoms with van der Waals surface area (Å²) in [7, 11) is 0. The maximum absolute atomic E-state index is 5.55. The number of pyridine rings is 1. The Bertz CT molecular complexity index is 299. The second-order valence-corrected chi connectivity index (χ2v) is 3.00. The number of rotatable bonds is 4. The molecule has 0 aromatic carbocycles. The molecule has 2 heteroatoms. The molecular weight excluding hydrogens is 160 g/mol. The molecule has 0 radical (unpaired) electrons. The Hall–Kier alpha value is -1.49. The van der Waals surface area contributed by atoms with E-state index < -0.39 is 0 Å². The zero-order chi connectivity index (χ0) is 9.52. The van der Waals surface area contributed by atoms with Gasteiger partial charge >= 0.3 is 0 Å². The van der Waals surface area contributed by atoms with Crippen molar-refractivity contribution >= 4 is 5.82 Å². The predicted molar refractivity (Wildman–Crippen MR) is 55.0 cm³/mol. The summed E-state index contributed by atoms with van der Waals surface area (Å²) in [4.78, 5) is 3.93. The third-order valence-electron chi connectivity index (χ3n) is 1.88. The topological polar surface area (TPSA) is 38.9 Å². The van der Waals surface area contributed by atoms with E-state index in [-0.39, 0.29) is 0 Å². The number of hydrogen-bond acceptors (Lipinski definition) is 2. The molecule has 13 heavy (non-hydrogen) atoms.